The summed E-state index contributed by atoms with van der Waals surface area (Å²) in [5.74, 6) is 0.334. The average molecular weight is 511 g/mol. The summed E-state index contributed by atoms with van der Waals surface area (Å²) in [6.45, 7) is 4.22. The van der Waals surface area contributed by atoms with Crippen molar-refractivity contribution in [2.75, 3.05) is 39.8 Å². The molecular weight excluding hydrogens is 476 g/mol. The number of amides is 2. The number of carbonyl (C=O) groups is 1. The van der Waals surface area contributed by atoms with E-state index in [1.54, 1.807) is 24.1 Å². The van der Waals surface area contributed by atoms with E-state index in [1.807, 2.05) is 30.5 Å². The van der Waals surface area contributed by atoms with Crippen molar-refractivity contribution < 1.29 is 17.6 Å². The predicted molar refractivity (Wildman–Crippen MR) is 139 cm³/mol. The van der Waals surface area contributed by atoms with E-state index >= 15 is 0 Å². The first-order valence-corrected chi connectivity index (χ1v) is 14.1. The van der Waals surface area contributed by atoms with Crippen LogP contribution in [0, 0.1) is 5.92 Å². The second-order valence-electron chi connectivity index (χ2n) is 9.98. The second-order valence-corrected chi connectivity index (χ2v) is 12.0. The number of piperidine rings is 1. The summed E-state index contributed by atoms with van der Waals surface area (Å²) in [6.07, 6.45) is 5.26. The summed E-state index contributed by atoms with van der Waals surface area (Å²) in [7, 11) is -1.93. The van der Waals surface area contributed by atoms with Gasteiger partial charge < -0.3 is 20.0 Å². The van der Waals surface area contributed by atoms with Crippen LogP contribution in [0.5, 0.6) is 0 Å². The third kappa shape index (κ3) is 5.00. The molecule has 3 aromatic rings. The number of hydrogen-bond donors (Lipinski definition) is 1. The Bertz CT molecular complexity index is 1340. The topological polar surface area (TPSA) is 100 Å². The maximum absolute atomic E-state index is 13.5. The van der Waals surface area contributed by atoms with Crippen LogP contribution < -0.4 is 5.73 Å². The lowest BCUT2D eigenvalue weighted by Crippen LogP contribution is -2.41. The summed E-state index contributed by atoms with van der Waals surface area (Å²) in [5, 5.41) is 1.18. The number of carbonyl (C=O) groups excluding carboxylic acids is 1. The number of benzene rings is 2. The summed E-state index contributed by atoms with van der Waals surface area (Å²) in [5.41, 5.74) is 9.26. The number of nitrogens with zero attached hydrogens (tertiary/aromatic N) is 3. The molecule has 2 aliphatic rings. The molecule has 3 heterocycles. The Morgan fingerprint density at radius 3 is 2.67 bits per heavy atom. The third-order valence-corrected chi connectivity index (χ3v) is 9.61. The zero-order chi connectivity index (χ0) is 25.3. The molecule has 0 radical (unpaired) electrons. The van der Waals surface area contributed by atoms with Gasteiger partial charge in [0.15, 0.2) is 0 Å². The molecule has 0 aliphatic carbocycles. The number of furan rings is 1. The largest absolute Gasteiger partial charge is 0.464 e. The number of urea groups is 1. The van der Waals surface area contributed by atoms with Gasteiger partial charge in [0.25, 0.3) is 0 Å². The van der Waals surface area contributed by atoms with Gasteiger partial charge in [-0.1, -0.05) is 30.3 Å². The van der Waals surface area contributed by atoms with Crippen LogP contribution in [0.3, 0.4) is 0 Å². The zero-order valence-electron chi connectivity index (χ0n) is 20.7. The lowest BCUT2D eigenvalue weighted by molar-refractivity contribution is 0.174. The molecule has 1 aromatic heterocycles. The minimum atomic E-state index is -3.62. The van der Waals surface area contributed by atoms with Gasteiger partial charge in [-0.3, -0.25) is 0 Å². The molecule has 2 N–H and O–H groups in total. The van der Waals surface area contributed by atoms with Gasteiger partial charge in [-0.2, -0.15) is 0 Å². The Balaban J connectivity index is 1.16. The highest BCUT2D eigenvalue weighted by atomic mass is 32.2. The summed E-state index contributed by atoms with van der Waals surface area (Å²) >= 11 is 0. The first-order valence-electron chi connectivity index (χ1n) is 12.6. The van der Waals surface area contributed by atoms with Crippen LogP contribution in [-0.4, -0.2) is 68.3 Å². The van der Waals surface area contributed by atoms with Gasteiger partial charge in [-0.05, 0) is 73.5 Å². The minimum absolute atomic E-state index is 0.334. The standard InChI is InChI=1S/C27H34N4O4S/c1-29(36(33,34)26-8-4-5-21-18-31(27(28)32)16-12-24(21)26)17-20-9-13-30(14-10-20)15-11-22-19-35-25-7-3-2-6-23(22)25/h2-8,19-20H,9-18H2,1H3,(H2,28,32). The lowest BCUT2D eigenvalue weighted by Gasteiger charge is -2.34. The summed E-state index contributed by atoms with van der Waals surface area (Å²) < 4.78 is 34.2. The van der Waals surface area contributed by atoms with E-state index in [0.717, 1.165) is 55.6 Å². The number of likely N-dealkylation sites (tertiary alicyclic amines) is 1. The monoisotopic (exact) mass is 510 g/mol. The van der Waals surface area contributed by atoms with Crippen LogP contribution in [0.25, 0.3) is 11.0 Å². The van der Waals surface area contributed by atoms with Crippen LogP contribution in [0.2, 0.25) is 0 Å². The van der Waals surface area contributed by atoms with Crippen molar-refractivity contribution >= 4 is 27.0 Å². The Labute approximate surface area is 212 Å². The Kier molecular flexibility index (Phi) is 7.05. The molecule has 1 fully saturated rings. The minimum Gasteiger partial charge on any atom is -0.464 e. The number of hydrogen-bond acceptors (Lipinski definition) is 5. The maximum Gasteiger partial charge on any atom is 0.315 e. The maximum atomic E-state index is 13.5. The summed E-state index contributed by atoms with van der Waals surface area (Å²) in [6, 6.07) is 13.0. The molecular formula is C27H34N4O4S. The highest BCUT2D eigenvalue weighted by Gasteiger charge is 2.31. The van der Waals surface area contributed by atoms with Gasteiger partial charge in [0.2, 0.25) is 10.0 Å². The fraction of sp³-hybridized carbons (Fsp3) is 0.444. The average Bonchev–Trinajstić information content (AvgIpc) is 3.30. The van der Waals surface area contributed by atoms with Gasteiger partial charge >= 0.3 is 6.03 Å². The highest BCUT2D eigenvalue weighted by molar-refractivity contribution is 7.89. The van der Waals surface area contributed by atoms with Gasteiger partial charge in [0.05, 0.1) is 11.2 Å². The summed E-state index contributed by atoms with van der Waals surface area (Å²) in [4.78, 5) is 15.9. The second kappa shape index (κ2) is 10.2. The SMILES string of the molecule is CN(CC1CCN(CCc2coc3ccccc23)CC1)S(=O)(=O)c1cccc2c1CCN(C(N)=O)C2. The van der Waals surface area contributed by atoms with E-state index in [2.05, 4.69) is 11.0 Å². The smallest absolute Gasteiger partial charge is 0.315 e. The van der Waals surface area contributed by atoms with E-state index in [-0.39, 0.29) is 0 Å². The lowest BCUT2D eigenvalue weighted by atomic mass is 9.96. The molecule has 0 spiro atoms. The fourth-order valence-corrected chi connectivity index (χ4v) is 7.07. The van der Waals surface area contributed by atoms with Crippen LogP contribution in [-0.2, 0) is 29.4 Å². The number of nitrogens with two attached hydrogens (primary N) is 1. The first-order chi connectivity index (χ1) is 17.3. The fourth-order valence-electron chi connectivity index (χ4n) is 5.53. The number of para-hydroxylation sites is 1. The Morgan fingerprint density at radius 2 is 1.89 bits per heavy atom. The Morgan fingerprint density at radius 1 is 1.11 bits per heavy atom. The van der Waals surface area contributed by atoms with E-state index in [0.29, 0.717) is 36.9 Å². The number of primary amides is 1. The molecule has 8 nitrogen and oxygen atoms in total. The molecule has 36 heavy (non-hydrogen) atoms. The first kappa shape index (κ1) is 24.8. The van der Waals surface area contributed by atoms with Crippen molar-refractivity contribution in [1.29, 1.82) is 0 Å². The highest BCUT2D eigenvalue weighted by Crippen LogP contribution is 2.29. The van der Waals surface area contributed by atoms with Crippen molar-refractivity contribution in [3.63, 3.8) is 0 Å². The molecule has 2 aromatic carbocycles. The van der Waals surface area contributed by atoms with Gasteiger partial charge in [0, 0.05) is 38.6 Å². The molecule has 2 aliphatic heterocycles. The predicted octanol–water partition coefficient (Wildman–Crippen LogP) is 3.44. The molecule has 0 saturated carbocycles. The molecule has 2 amide bonds. The molecule has 192 valence electrons. The van der Waals surface area contributed by atoms with E-state index in [1.165, 1.54) is 15.3 Å². The quantitative estimate of drug-likeness (QED) is 0.525. The van der Waals surface area contributed by atoms with Gasteiger partial charge in [-0.25, -0.2) is 17.5 Å². The van der Waals surface area contributed by atoms with Crippen LogP contribution >= 0.6 is 0 Å². The van der Waals surface area contributed by atoms with Crippen molar-refractivity contribution in [2.45, 2.75) is 37.1 Å². The van der Waals surface area contributed by atoms with E-state index in [4.69, 9.17) is 10.2 Å². The normalized spacial score (nSPS) is 17.6. The number of fused-ring (bicyclic) bond motifs is 2. The van der Waals surface area contributed by atoms with Crippen molar-refractivity contribution in [3.8, 4) is 0 Å². The molecule has 5 rings (SSSR count). The van der Waals surface area contributed by atoms with Crippen molar-refractivity contribution in [2.24, 2.45) is 11.7 Å². The van der Waals surface area contributed by atoms with Crippen LogP contribution in [0.15, 0.2) is 58.0 Å². The van der Waals surface area contributed by atoms with E-state index < -0.39 is 16.1 Å². The third-order valence-electron chi connectivity index (χ3n) is 7.70. The number of sulfonamides is 1. The molecule has 0 bridgehead atoms. The Hall–Kier alpha value is -2.88. The van der Waals surface area contributed by atoms with Crippen LogP contribution in [0.4, 0.5) is 4.79 Å². The number of rotatable bonds is 7. The molecule has 9 heteroatoms. The van der Waals surface area contributed by atoms with Crippen molar-refractivity contribution in [3.05, 3.63) is 65.4 Å². The van der Waals surface area contributed by atoms with Crippen molar-refractivity contribution in [1.82, 2.24) is 14.1 Å². The van der Waals surface area contributed by atoms with E-state index in [9.17, 15) is 13.2 Å². The molecule has 0 atom stereocenters. The van der Waals surface area contributed by atoms with Crippen LogP contribution in [0.1, 0.15) is 29.5 Å². The zero-order valence-corrected chi connectivity index (χ0v) is 21.5. The van der Waals surface area contributed by atoms with Gasteiger partial charge in [0.1, 0.15) is 5.58 Å². The van der Waals surface area contributed by atoms with Gasteiger partial charge in [-0.15, -0.1) is 0 Å². The molecule has 1 saturated heterocycles. The molecule has 0 unspecified atom stereocenters.